The molecule has 0 saturated carbocycles. The summed E-state index contributed by atoms with van der Waals surface area (Å²) < 4.78 is 5.54. The number of hydrogen-bond acceptors (Lipinski definition) is 7. The lowest BCUT2D eigenvalue weighted by Gasteiger charge is -2.14. The van der Waals surface area contributed by atoms with E-state index in [0.717, 1.165) is 0 Å². The van der Waals surface area contributed by atoms with Crippen molar-refractivity contribution >= 4 is 17.7 Å². The van der Waals surface area contributed by atoms with Gasteiger partial charge in [0.15, 0.2) is 11.4 Å². The van der Waals surface area contributed by atoms with E-state index in [4.69, 9.17) is 15.7 Å². The second-order valence-electron chi connectivity index (χ2n) is 5.72. The maximum Gasteiger partial charge on any atom is 0.345 e. The van der Waals surface area contributed by atoms with Crippen LogP contribution < -0.4 is 15.8 Å². The van der Waals surface area contributed by atoms with Gasteiger partial charge < -0.3 is 20.9 Å². The zero-order valence-electron chi connectivity index (χ0n) is 13.6. The molecular formula is C17H15N5O4. The van der Waals surface area contributed by atoms with Gasteiger partial charge in [0.2, 0.25) is 11.8 Å². The monoisotopic (exact) mass is 353 g/mol. The van der Waals surface area contributed by atoms with Crippen molar-refractivity contribution in [2.75, 3.05) is 12.3 Å². The fraction of sp³-hybridized carbons (Fsp3) is 0.235. The Morgan fingerprint density at radius 1 is 1.46 bits per heavy atom. The van der Waals surface area contributed by atoms with Crippen LogP contribution in [0.3, 0.4) is 0 Å². The molecule has 1 saturated heterocycles. The fourth-order valence-electron chi connectivity index (χ4n) is 2.60. The lowest BCUT2D eigenvalue weighted by atomic mass is 10.1. The normalized spacial score (nSPS) is 16.0. The first-order valence-electron chi connectivity index (χ1n) is 7.81. The molecule has 0 radical (unpaired) electrons. The number of carbonyl (C=O) groups excluding carboxylic acids is 1. The average molecular weight is 353 g/mol. The number of nitrogens with zero attached hydrogens (tertiary/aromatic N) is 3. The summed E-state index contributed by atoms with van der Waals surface area (Å²) in [6.45, 7) is 0.0696. The van der Waals surface area contributed by atoms with E-state index in [-0.39, 0.29) is 41.6 Å². The van der Waals surface area contributed by atoms with Gasteiger partial charge in [-0.2, -0.15) is 10.2 Å². The molecular weight excluding hydrogens is 338 g/mol. The van der Waals surface area contributed by atoms with Crippen LogP contribution in [0.15, 0.2) is 24.3 Å². The highest BCUT2D eigenvalue weighted by Gasteiger charge is 2.25. The van der Waals surface area contributed by atoms with Gasteiger partial charge in [-0.1, -0.05) is 12.1 Å². The number of nitrogen functional groups attached to an aromatic ring is 1. The van der Waals surface area contributed by atoms with Crippen LogP contribution in [0, 0.1) is 11.3 Å². The molecule has 1 aromatic heterocycles. The van der Waals surface area contributed by atoms with Crippen molar-refractivity contribution in [1.29, 1.82) is 5.26 Å². The first-order valence-corrected chi connectivity index (χ1v) is 7.81. The van der Waals surface area contributed by atoms with Crippen molar-refractivity contribution in [3.8, 4) is 23.3 Å². The Bertz CT molecular complexity index is 922. The van der Waals surface area contributed by atoms with Crippen molar-refractivity contribution in [2.24, 2.45) is 0 Å². The van der Waals surface area contributed by atoms with Gasteiger partial charge in [-0.3, -0.25) is 4.79 Å². The fourth-order valence-corrected chi connectivity index (χ4v) is 2.60. The number of carboxylic acids is 1. The van der Waals surface area contributed by atoms with E-state index < -0.39 is 5.97 Å². The maximum atomic E-state index is 11.5. The summed E-state index contributed by atoms with van der Waals surface area (Å²) in [5.41, 5.74) is 6.36. The molecule has 4 N–H and O–H groups in total. The smallest absolute Gasteiger partial charge is 0.345 e. The number of hydrogen-bond donors (Lipinski definition) is 3. The molecule has 0 bridgehead atoms. The van der Waals surface area contributed by atoms with Crippen LogP contribution in [-0.4, -0.2) is 39.6 Å². The predicted molar refractivity (Wildman–Crippen MR) is 90.2 cm³/mol. The number of rotatable bonds is 5. The number of nitrogens with two attached hydrogens (primary N) is 1. The quantitative estimate of drug-likeness (QED) is 0.718. The van der Waals surface area contributed by atoms with Crippen LogP contribution in [0.5, 0.6) is 5.88 Å². The Labute approximate surface area is 148 Å². The van der Waals surface area contributed by atoms with Gasteiger partial charge in [0.1, 0.15) is 12.4 Å². The molecule has 1 aromatic carbocycles. The SMILES string of the molecule is N#Cc1cccc(-c2nc(N)c(C(=O)O)c(OCC3CCC(=O)N3)n2)c1. The maximum absolute atomic E-state index is 11.5. The van der Waals surface area contributed by atoms with E-state index in [0.29, 0.717) is 24.0 Å². The number of ether oxygens (including phenoxy) is 1. The Hall–Kier alpha value is -3.67. The number of anilines is 1. The molecule has 132 valence electrons. The third kappa shape index (κ3) is 3.54. The number of nitriles is 1. The summed E-state index contributed by atoms with van der Waals surface area (Å²) in [5, 5.41) is 21.1. The molecule has 9 nitrogen and oxygen atoms in total. The van der Waals surface area contributed by atoms with Gasteiger partial charge in [0.25, 0.3) is 0 Å². The van der Waals surface area contributed by atoms with Gasteiger partial charge in [-0.05, 0) is 18.6 Å². The van der Waals surface area contributed by atoms with Crippen LogP contribution >= 0.6 is 0 Å². The van der Waals surface area contributed by atoms with Gasteiger partial charge in [0, 0.05) is 12.0 Å². The van der Waals surface area contributed by atoms with Gasteiger partial charge in [-0.15, -0.1) is 0 Å². The van der Waals surface area contributed by atoms with Crippen LogP contribution in [0.4, 0.5) is 5.82 Å². The van der Waals surface area contributed by atoms with Crippen molar-refractivity contribution in [3.63, 3.8) is 0 Å². The first-order chi connectivity index (χ1) is 12.5. The number of benzene rings is 1. The lowest BCUT2D eigenvalue weighted by Crippen LogP contribution is -2.31. The number of amides is 1. The molecule has 26 heavy (non-hydrogen) atoms. The van der Waals surface area contributed by atoms with E-state index in [1.54, 1.807) is 24.3 Å². The Kier molecular flexibility index (Phi) is 4.66. The summed E-state index contributed by atoms with van der Waals surface area (Å²) in [6, 6.07) is 8.32. The Morgan fingerprint density at radius 3 is 2.92 bits per heavy atom. The highest BCUT2D eigenvalue weighted by molar-refractivity contribution is 5.95. The van der Waals surface area contributed by atoms with Crippen molar-refractivity contribution in [2.45, 2.75) is 18.9 Å². The van der Waals surface area contributed by atoms with Gasteiger partial charge >= 0.3 is 5.97 Å². The average Bonchev–Trinajstić information content (AvgIpc) is 3.04. The van der Waals surface area contributed by atoms with Gasteiger partial charge in [-0.25, -0.2) is 9.78 Å². The molecule has 0 spiro atoms. The zero-order chi connectivity index (χ0) is 18.7. The number of carboxylic acid groups (broad SMARTS) is 1. The molecule has 2 heterocycles. The molecule has 1 aliphatic heterocycles. The second kappa shape index (κ2) is 7.06. The summed E-state index contributed by atoms with van der Waals surface area (Å²) in [6.07, 6.45) is 0.997. The number of aromatic carboxylic acids is 1. The van der Waals surface area contributed by atoms with Gasteiger partial charge in [0.05, 0.1) is 17.7 Å². The van der Waals surface area contributed by atoms with Crippen molar-refractivity contribution in [1.82, 2.24) is 15.3 Å². The third-order valence-corrected chi connectivity index (χ3v) is 3.87. The molecule has 3 rings (SSSR count). The van der Waals surface area contributed by atoms with Crippen LogP contribution in [0.25, 0.3) is 11.4 Å². The number of carbonyl (C=O) groups is 2. The van der Waals surface area contributed by atoms with E-state index >= 15 is 0 Å². The number of nitrogens with one attached hydrogen (secondary N) is 1. The highest BCUT2D eigenvalue weighted by atomic mass is 16.5. The van der Waals surface area contributed by atoms with Crippen LogP contribution in [0.1, 0.15) is 28.8 Å². The zero-order valence-corrected chi connectivity index (χ0v) is 13.6. The minimum Gasteiger partial charge on any atom is -0.477 e. The molecule has 1 amide bonds. The molecule has 1 unspecified atom stereocenters. The number of aromatic nitrogens is 2. The summed E-state index contributed by atoms with van der Waals surface area (Å²) >= 11 is 0. The standard InChI is InChI=1S/C17H15N5O4/c18-7-9-2-1-3-10(6-9)15-21-14(19)13(17(24)25)16(22-15)26-8-11-4-5-12(23)20-11/h1-3,6,11H,4-5,8H2,(H,20,23)(H,24,25)(H2,19,21,22). The van der Waals surface area contributed by atoms with Crippen molar-refractivity contribution in [3.05, 3.63) is 35.4 Å². The Balaban J connectivity index is 1.95. The van der Waals surface area contributed by atoms with Crippen LogP contribution in [0.2, 0.25) is 0 Å². The minimum absolute atomic E-state index is 0.0696. The highest BCUT2D eigenvalue weighted by Crippen LogP contribution is 2.26. The molecule has 1 atom stereocenters. The Morgan fingerprint density at radius 2 is 2.27 bits per heavy atom. The van der Waals surface area contributed by atoms with E-state index in [1.807, 2.05) is 6.07 Å². The largest absolute Gasteiger partial charge is 0.477 e. The first kappa shape index (κ1) is 17.2. The van der Waals surface area contributed by atoms with E-state index in [9.17, 15) is 14.7 Å². The molecule has 1 fully saturated rings. The van der Waals surface area contributed by atoms with Crippen LogP contribution in [-0.2, 0) is 4.79 Å². The van der Waals surface area contributed by atoms with Crippen molar-refractivity contribution < 1.29 is 19.4 Å². The summed E-state index contributed by atoms with van der Waals surface area (Å²) in [5.74, 6) is -1.66. The van der Waals surface area contributed by atoms with E-state index in [2.05, 4.69) is 15.3 Å². The lowest BCUT2D eigenvalue weighted by molar-refractivity contribution is -0.119. The molecule has 2 aromatic rings. The second-order valence-corrected chi connectivity index (χ2v) is 5.72. The summed E-state index contributed by atoms with van der Waals surface area (Å²) in [4.78, 5) is 30.9. The molecule has 1 aliphatic rings. The minimum atomic E-state index is -1.31. The molecule has 9 heteroatoms. The van der Waals surface area contributed by atoms with E-state index in [1.165, 1.54) is 0 Å². The topological polar surface area (TPSA) is 151 Å². The predicted octanol–water partition coefficient (Wildman–Crippen LogP) is 0.953. The molecule has 0 aliphatic carbocycles. The summed E-state index contributed by atoms with van der Waals surface area (Å²) in [7, 11) is 0. The third-order valence-electron chi connectivity index (χ3n) is 3.87.